The maximum Gasteiger partial charge on any atom is 0.0654 e. The molecule has 0 amide bonds. The van der Waals surface area contributed by atoms with Crippen LogP contribution in [0.15, 0.2) is 24.5 Å². The minimum atomic E-state index is -0.266. The number of nitrogens with two attached hydrogens (primary N) is 1. The molecule has 0 radical (unpaired) electrons. The van der Waals surface area contributed by atoms with Crippen LogP contribution in [0.25, 0.3) is 0 Å². The maximum absolute atomic E-state index is 10.5. The van der Waals surface area contributed by atoms with Crippen molar-refractivity contribution in [1.82, 2.24) is 4.98 Å². The molecule has 0 aliphatic heterocycles. The monoisotopic (exact) mass is 232 g/mol. The predicted molar refractivity (Wildman–Crippen MR) is 66.4 cm³/mol. The van der Waals surface area contributed by atoms with E-state index < -0.39 is 0 Å². The second-order valence-corrected chi connectivity index (χ2v) is 5.45. The van der Waals surface area contributed by atoms with Crippen LogP contribution in [0.4, 0.5) is 0 Å². The van der Waals surface area contributed by atoms with Gasteiger partial charge >= 0.3 is 0 Å². The molecule has 1 heterocycles. The normalized spacial score (nSPS) is 34.1. The van der Waals surface area contributed by atoms with Crippen LogP contribution < -0.4 is 5.73 Å². The Balaban J connectivity index is 1.73. The van der Waals surface area contributed by atoms with Crippen molar-refractivity contribution in [3.63, 3.8) is 0 Å². The third kappa shape index (κ3) is 1.87. The second-order valence-electron chi connectivity index (χ2n) is 5.45. The number of hydrogen-bond acceptors (Lipinski definition) is 3. The zero-order valence-electron chi connectivity index (χ0n) is 10.00. The van der Waals surface area contributed by atoms with Gasteiger partial charge in [-0.15, -0.1) is 0 Å². The average molecular weight is 232 g/mol. The van der Waals surface area contributed by atoms with E-state index in [1.165, 1.54) is 19.3 Å². The number of rotatable bonds is 4. The van der Waals surface area contributed by atoms with E-state index in [0.29, 0.717) is 12.5 Å². The molecule has 3 rings (SSSR count). The van der Waals surface area contributed by atoms with E-state index in [0.717, 1.165) is 17.4 Å². The van der Waals surface area contributed by atoms with Crippen molar-refractivity contribution in [3.05, 3.63) is 30.1 Å². The fourth-order valence-electron chi connectivity index (χ4n) is 3.74. The van der Waals surface area contributed by atoms with Crippen LogP contribution in [0, 0.1) is 17.8 Å². The minimum Gasteiger partial charge on any atom is -0.392 e. The predicted octanol–water partition coefficient (Wildman–Crippen LogP) is 1.53. The van der Waals surface area contributed by atoms with Gasteiger partial charge in [0.25, 0.3) is 0 Å². The van der Waals surface area contributed by atoms with Crippen LogP contribution in [-0.2, 0) is 0 Å². The minimum absolute atomic E-state index is 0.0774. The number of aliphatic hydroxyl groups excluding tert-OH is 1. The van der Waals surface area contributed by atoms with Gasteiger partial charge in [0.05, 0.1) is 6.10 Å². The molecule has 4 atom stereocenters. The number of aliphatic hydroxyl groups is 1. The molecule has 3 N–H and O–H groups in total. The van der Waals surface area contributed by atoms with Crippen molar-refractivity contribution >= 4 is 0 Å². The van der Waals surface area contributed by atoms with Gasteiger partial charge in [-0.3, -0.25) is 4.98 Å². The summed E-state index contributed by atoms with van der Waals surface area (Å²) in [5.41, 5.74) is 6.97. The van der Waals surface area contributed by atoms with Crippen LogP contribution in [0.5, 0.6) is 0 Å². The summed E-state index contributed by atoms with van der Waals surface area (Å²) in [6.07, 6.45) is 7.25. The summed E-state index contributed by atoms with van der Waals surface area (Å²) < 4.78 is 0. The van der Waals surface area contributed by atoms with Crippen molar-refractivity contribution in [2.75, 3.05) is 6.54 Å². The Morgan fingerprint density at radius 2 is 1.94 bits per heavy atom. The summed E-state index contributed by atoms with van der Waals surface area (Å²) in [7, 11) is 0. The third-order valence-electron chi connectivity index (χ3n) is 4.67. The zero-order chi connectivity index (χ0) is 11.8. The smallest absolute Gasteiger partial charge is 0.0654 e. The molecule has 4 unspecified atom stereocenters. The lowest BCUT2D eigenvalue weighted by Crippen LogP contribution is -2.29. The summed E-state index contributed by atoms with van der Waals surface area (Å²) in [5, 5.41) is 10.5. The molecule has 17 heavy (non-hydrogen) atoms. The quantitative estimate of drug-likeness (QED) is 0.827. The average Bonchev–Trinajstić information content (AvgIpc) is 2.85. The number of pyridine rings is 1. The lowest BCUT2D eigenvalue weighted by Gasteiger charge is -2.23. The molecule has 3 nitrogen and oxygen atoms in total. The summed E-state index contributed by atoms with van der Waals surface area (Å²) >= 11 is 0. The van der Waals surface area contributed by atoms with Gasteiger partial charge in [0.15, 0.2) is 0 Å². The van der Waals surface area contributed by atoms with Crippen LogP contribution in [0.1, 0.15) is 30.7 Å². The van der Waals surface area contributed by atoms with E-state index in [4.69, 9.17) is 5.73 Å². The molecular formula is C14H20N2O. The lowest BCUT2D eigenvalue weighted by molar-refractivity contribution is 0.108. The second kappa shape index (κ2) is 4.39. The van der Waals surface area contributed by atoms with E-state index in [1.807, 2.05) is 12.1 Å². The highest BCUT2D eigenvalue weighted by molar-refractivity contribution is 5.20. The fraction of sp³-hybridized carbons (Fsp3) is 0.643. The van der Waals surface area contributed by atoms with Gasteiger partial charge in [-0.1, -0.05) is 6.42 Å². The van der Waals surface area contributed by atoms with Gasteiger partial charge in [-0.05, 0) is 48.3 Å². The van der Waals surface area contributed by atoms with Crippen molar-refractivity contribution in [2.45, 2.75) is 31.3 Å². The summed E-state index contributed by atoms with van der Waals surface area (Å²) in [5.74, 6) is 2.14. The molecule has 1 aromatic rings. The molecule has 0 aromatic carbocycles. The van der Waals surface area contributed by atoms with Gasteiger partial charge < -0.3 is 10.8 Å². The van der Waals surface area contributed by atoms with Gasteiger partial charge in [-0.25, -0.2) is 0 Å². The third-order valence-corrected chi connectivity index (χ3v) is 4.67. The van der Waals surface area contributed by atoms with Gasteiger partial charge in [0.1, 0.15) is 0 Å². The zero-order valence-corrected chi connectivity index (χ0v) is 10.00. The Kier molecular flexibility index (Phi) is 2.89. The number of aromatic nitrogens is 1. The van der Waals surface area contributed by atoms with Gasteiger partial charge in [-0.2, -0.15) is 0 Å². The number of fused-ring (bicyclic) bond motifs is 1. The molecule has 2 fully saturated rings. The Morgan fingerprint density at radius 1 is 1.29 bits per heavy atom. The van der Waals surface area contributed by atoms with Crippen molar-refractivity contribution in [1.29, 1.82) is 0 Å². The molecule has 0 saturated heterocycles. The molecule has 0 bridgehead atoms. The maximum atomic E-state index is 10.5. The standard InChI is InChI=1S/C14H20N2O/c15-8-12(9-4-6-16-7-5-9)14(17)13-10-2-1-3-11(10)13/h4-7,10-14,17H,1-3,8,15H2. The Labute approximate surface area is 102 Å². The van der Waals surface area contributed by atoms with E-state index in [-0.39, 0.29) is 12.0 Å². The van der Waals surface area contributed by atoms with Gasteiger partial charge in [0, 0.05) is 24.9 Å². The van der Waals surface area contributed by atoms with Crippen molar-refractivity contribution in [3.8, 4) is 0 Å². The molecule has 1 aromatic heterocycles. The molecule has 3 heteroatoms. The van der Waals surface area contributed by atoms with Crippen LogP contribution in [0.3, 0.4) is 0 Å². The lowest BCUT2D eigenvalue weighted by atomic mass is 9.89. The largest absolute Gasteiger partial charge is 0.392 e. The van der Waals surface area contributed by atoms with Crippen molar-refractivity contribution < 1.29 is 5.11 Å². The number of hydrogen-bond donors (Lipinski definition) is 2. The van der Waals surface area contributed by atoms with E-state index in [9.17, 15) is 5.11 Å². The molecule has 2 aliphatic carbocycles. The Morgan fingerprint density at radius 3 is 2.53 bits per heavy atom. The Bertz CT molecular complexity index is 371. The van der Waals surface area contributed by atoms with E-state index in [2.05, 4.69) is 4.98 Å². The van der Waals surface area contributed by atoms with Crippen molar-refractivity contribution in [2.24, 2.45) is 23.5 Å². The topological polar surface area (TPSA) is 59.1 Å². The SMILES string of the molecule is NCC(c1ccncc1)C(O)C1C2CCCC21. The van der Waals surface area contributed by atoms with Crippen LogP contribution >= 0.6 is 0 Å². The summed E-state index contributed by atoms with van der Waals surface area (Å²) in [6.45, 7) is 0.515. The summed E-state index contributed by atoms with van der Waals surface area (Å²) in [6, 6.07) is 3.94. The first-order valence-corrected chi connectivity index (χ1v) is 6.61. The highest BCUT2D eigenvalue weighted by Gasteiger charge is 2.56. The number of nitrogens with zero attached hydrogens (tertiary/aromatic N) is 1. The molecular weight excluding hydrogens is 212 g/mol. The van der Waals surface area contributed by atoms with E-state index in [1.54, 1.807) is 12.4 Å². The molecule has 2 aliphatic rings. The first kappa shape index (κ1) is 11.2. The molecule has 0 spiro atoms. The molecule has 92 valence electrons. The Hall–Kier alpha value is -0.930. The first-order chi connectivity index (χ1) is 8.33. The van der Waals surface area contributed by atoms with Crippen LogP contribution in [0.2, 0.25) is 0 Å². The van der Waals surface area contributed by atoms with Gasteiger partial charge in [0.2, 0.25) is 0 Å². The first-order valence-electron chi connectivity index (χ1n) is 6.61. The van der Waals surface area contributed by atoms with Crippen LogP contribution in [-0.4, -0.2) is 22.7 Å². The van der Waals surface area contributed by atoms with E-state index >= 15 is 0 Å². The highest BCUT2D eigenvalue weighted by atomic mass is 16.3. The highest BCUT2D eigenvalue weighted by Crippen LogP contribution is 2.60. The summed E-state index contributed by atoms with van der Waals surface area (Å²) in [4.78, 5) is 4.02. The fourth-order valence-corrected chi connectivity index (χ4v) is 3.74. The molecule has 2 saturated carbocycles.